The zero-order valence-corrected chi connectivity index (χ0v) is 9.91. The zero-order valence-electron chi connectivity index (χ0n) is 9.91. The highest BCUT2D eigenvalue weighted by molar-refractivity contribution is 5.61. The van der Waals surface area contributed by atoms with E-state index in [2.05, 4.69) is 4.98 Å². The molecular formula is C11H6F3N3O3. The summed E-state index contributed by atoms with van der Waals surface area (Å²) in [5.74, 6) is -4.47. The van der Waals surface area contributed by atoms with Crippen molar-refractivity contribution in [3.63, 3.8) is 0 Å². The number of nitrogens with zero attached hydrogens (tertiary/aromatic N) is 2. The van der Waals surface area contributed by atoms with E-state index < -0.39 is 45.0 Å². The Morgan fingerprint density at radius 2 is 1.90 bits per heavy atom. The summed E-state index contributed by atoms with van der Waals surface area (Å²) >= 11 is 0. The maximum absolute atomic E-state index is 13.9. The molecule has 0 bridgehead atoms. The number of aryl methyl sites for hydroxylation is 1. The molecule has 0 aliphatic heterocycles. The van der Waals surface area contributed by atoms with Gasteiger partial charge in [-0.1, -0.05) is 0 Å². The number of H-pyrrole nitrogens is 1. The first-order chi connectivity index (χ1) is 9.32. The van der Waals surface area contributed by atoms with Crippen LogP contribution in [0.1, 0.15) is 5.69 Å². The molecule has 0 saturated heterocycles. The van der Waals surface area contributed by atoms with Crippen molar-refractivity contribution in [2.24, 2.45) is 0 Å². The maximum atomic E-state index is 13.9. The molecule has 104 valence electrons. The second-order valence-electron chi connectivity index (χ2n) is 3.83. The molecule has 2 rings (SSSR count). The van der Waals surface area contributed by atoms with Gasteiger partial charge in [-0.05, 0) is 13.0 Å². The fourth-order valence-electron chi connectivity index (χ4n) is 1.59. The first-order valence-corrected chi connectivity index (χ1v) is 5.22. The summed E-state index contributed by atoms with van der Waals surface area (Å²) in [4.78, 5) is 26.1. The van der Waals surface area contributed by atoms with Gasteiger partial charge in [0.25, 0.3) is 5.56 Å². The van der Waals surface area contributed by atoms with Gasteiger partial charge in [-0.25, -0.2) is 9.37 Å². The molecule has 0 spiro atoms. The van der Waals surface area contributed by atoms with Crippen molar-refractivity contribution in [2.45, 2.75) is 6.92 Å². The van der Waals surface area contributed by atoms with Gasteiger partial charge >= 0.3 is 5.69 Å². The van der Waals surface area contributed by atoms with Crippen molar-refractivity contribution in [2.75, 3.05) is 0 Å². The molecular weight excluding hydrogens is 279 g/mol. The Morgan fingerprint density at radius 3 is 2.45 bits per heavy atom. The second-order valence-corrected chi connectivity index (χ2v) is 3.83. The predicted octanol–water partition coefficient (Wildman–Crippen LogP) is 2.07. The molecule has 0 saturated carbocycles. The van der Waals surface area contributed by atoms with E-state index >= 15 is 0 Å². The number of nitrogens with one attached hydrogen (secondary N) is 1. The van der Waals surface area contributed by atoms with E-state index in [1.807, 2.05) is 4.98 Å². The van der Waals surface area contributed by atoms with Crippen molar-refractivity contribution in [3.05, 3.63) is 55.7 Å². The van der Waals surface area contributed by atoms with Crippen LogP contribution in [-0.4, -0.2) is 14.9 Å². The molecule has 6 nitrogen and oxygen atoms in total. The van der Waals surface area contributed by atoms with Crippen LogP contribution in [0.15, 0.2) is 16.9 Å². The lowest BCUT2D eigenvalue weighted by atomic mass is 10.1. The average molecular weight is 285 g/mol. The summed E-state index contributed by atoms with van der Waals surface area (Å²) in [5.41, 5.74) is -3.47. The van der Waals surface area contributed by atoms with E-state index in [0.29, 0.717) is 12.1 Å². The number of aromatic nitrogens is 2. The predicted molar refractivity (Wildman–Crippen MR) is 61.6 cm³/mol. The lowest BCUT2D eigenvalue weighted by Crippen LogP contribution is -2.16. The Hall–Kier alpha value is -2.71. The molecule has 0 aliphatic rings. The van der Waals surface area contributed by atoms with E-state index in [1.54, 1.807) is 0 Å². The van der Waals surface area contributed by atoms with Gasteiger partial charge < -0.3 is 4.98 Å². The summed E-state index contributed by atoms with van der Waals surface area (Å²) in [7, 11) is 0. The standard InChI is InChI=1S/C11H6F3N3O3/c1-4-8(13)11(18)16-10(15-4)7-5(12)2-3-6(9(7)14)17(19)20/h2-3H,1H3,(H,15,16,18). The molecule has 9 heteroatoms. The fourth-order valence-corrected chi connectivity index (χ4v) is 1.59. The van der Waals surface area contributed by atoms with E-state index in [4.69, 9.17) is 0 Å². The Kier molecular flexibility index (Phi) is 3.26. The summed E-state index contributed by atoms with van der Waals surface area (Å²) < 4.78 is 40.7. The summed E-state index contributed by atoms with van der Waals surface area (Å²) in [6.45, 7) is 1.13. The van der Waals surface area contributed by atoms with Crippen LogP contribution in [0.2, 0.25) is 0 Å². The monoisotopic (exact) mass is 285 g/mol. The van der Waals surface area contributed by atoms with E-state index in [-0.39, 0.29) is 5.69 Å². The maximum Gasteiger partial charge on any atom is 0.305 e. The minimum Gasteiger partial charge on any atom is -0.304 e. The normalized spacial score (nSPS) is 10.6. The third-order valence-corrected chi connectivity index (χ3v) is 2.53. The number of aromatic amines is 1. The topological polar surface area (TPSA) is 88.9 Å². The lowest BCUT2D eigenvalue weighted by molar-refractivity contribution is -0.387. The third-order valence-electron chi connectivity index (χ3n) is 2.53. The van der Waals surface area contributed by atoms with Crippen molar-refractivity contribution < 1.29 is 18.1 Å². The van der Waals surface area contributed by atoms with E-state index in [0.717, 1.165) is 6.92 Å². The number of benzene rings is 1. The van der Waals surface area contributed by atoms with Gasteiger partial charge in [0, 0.05) is 6.07 Å². The van der Waals surface area contributed by atoms with E-state index in [1.165, 1.54) is 0 Å². The average Bonchev–Trinajstić information content (AvgIpc) is 2.35. The van der Waals surface area contributed by atoms with Crippen LogP contribution < -0.4 is 5.56 Å². The van der Waals surface area contributed by atoms with Crippen molar-refractivity contribution >= 4 is 5.69 Å². The van der Waals surface area contributed by atoms with Crippen LogP contribution in [0.5, 0.6) is 0 Å². The zero-order chi connectivity index (χ0) is 15.0. The highest BCUT2D eigenvalue weighted by atomic mass is 19.1. The Labute approximate surface area is 109 Å². The van der Waals surface area contributed by atoms with Crippen LogP contribution in [0, 0.1) is 34.5 Å². The molecule has 1 aromatic heterocycles. The van der Waals surface area contributed by atoms with Crippen LogP contribution in [-0.2, 0) is 0 Å². The molecule has 2 aromatic rings. The SMILES string of the molecule is Cc1nc(-c2c(F)ccc([N+](=O)[O-])c2F)[nH]c(=O)c1F. The number of hydrogen-bond acceptors (Lipinski definition) is 4. The summed E-state index contributed by atoms with van der Waals surface area (Å²) in [6.07, 6.45) is 0. The van der Waals surface area contributed by atoms with Crippen LogP contribution in [0.4, 0.5) is 18.9 Å². The number of nitro groups is 1. The number of nitro benzene ring substituents is 1. The second kappa shape index (κ2) is 4.76. The van der Waals surface area contributed by atoms with Gasteiger partial charge in [0.1, 0.15) is 11.6 Å². The highest BCUT2D eigenvalue weighted by Crippen LogP contribution is 2.29. The summed E-state index contributed by atoms with van der Waals surface area (Å²) in [6, 6.07) is 1.30. The number of hydrogen-bond donors (Lipinski definition) is 1. The summed E-state index contributed by atoms with van der Waals surface area (Å²) in [5, 5.41) is 10.6. The molecule has 0 radical (unpaired) electrons. The lowest BCUT2D eigenvalue weighted by Gasteiger charge is -2.06. The molecule has 0 amide bonds. The van der Waals surface area contributed by atoms with Crippen LogP contribution >= 0.6 is 0 Å². The molecule has 0 aliphatic carbocycles. The molecule has 0 fully saturated rings. The number of halogens is 3. The van der Waals surface area contributed by atoms with Gasteiger partial charge in [-0.3, -0.25) is 14.9 Å². The minimum atomic E-state index is -1.50. The van der Waals surface area contributed by atoms with Crippen LogP contribution in [0.25, 0.3) is 11.4 Å². The van der Waals surface area contributed by atoms with E-state index in [9.17, 15) is 28.1 Å². The van der Waals surface area contributed by atoms with Gasteiger partial charge in [-0.2, -0.15) is 8.78 Å². The Bertz CT molecular complexity index is 773. The Balaban J connectivity index is 2.79. The van der Waals surface area contributed by atoms with Gasteiger partial charge in [0.2, 0.25) is 11.6 Å². The van der Waals surface area contributed by atoms with Crippen molar-refractivity contribution in [3.8, 4) is 11.4 Å². The molecule has 20 heavy (non-hydrogen) atoms. The first kappa shape index (κ1) is 13.7. The van der Waals surface area contributed by atoms with Crippen molar-refractivity contribution in [1.29, 1.82) is 0 Å². The molecule has 1 aromatic carbocycles. The third kappa shape index (κ3) is 2.13. The van der Waals surface area contributed by atoms with Gasteiger partial charge in [-0.15, -0.1) is 0 Å². The smallest absolute Gasteiger partial charge is 0.304 e. The largest absolute Gasteiger partial charge is 0.305 e. The molecule has 0 unspecified atom stereocenters. The highest BCUT2D eigenvalue weighted by Gasteiger charge is 2.24. The molecule has 1 N–H and O–H groups in total. The minimum absolute atomic E-state index is 0.381. The quantitative estimate of drug-likeness (QED) is 0.675. The van der Waals surface area contributed by atoms with Crippen LogP contribution in [0.3, 0.4) is 0 Å². The fraction of sp³-hybridized carbons (Fsp3) is 0.0909. The molecule has 0 atom stereocenters. The van der Waals surface area contributed by atoms with Crippen molar-refractivity contribution in [1.82, 2.24) is 9.97 Å². The first-order valence-electron chi connectivity index (χ1n) is 5.22. The molecule has 1 heterocycles. The van der Waals surface area contributed by atoms with Gasteiger partial charge in [0.15, 0.2) is 0 Å². The number of rotatable bonds is 2. The Morgan fingerprint density at radius 1 is 1.25 bits per heavy atom. The van der Waals surface area contributed by atoms with Gasteiger partial charge in [0.05, 0.1) is 16.2 Å².